The molecule has 1 aliphatic heterocycles. The summed E-state index contributed by atoms with van der Waals surface area (Å²) in [5, 5.41) is 8.75. The molecular formula is C38H60N6O7. The van der Waals surface area contributed by atoms with E-state index < -0.39 is 75.4 Å². The summed E-state index contributed by atoms with van der Waals surface area (Å²) in [7, 11) is 1.75. The number of carbonyl (C=O) groups is 5. The van der Waals surface area contributed by atoms with Gasteiger partial charge in [-0.25, -0.2) is 4.79 Å². The molecule has 3 fully saturated rings. The number of likely N-dealkylation sites (tertiary alicyclic amines) is 1. The van der Waals surface area contributed by atoms with Crippen molar-refractivity contribution in [1.29, 1.82) is 0 Å². The highest BCUT2D eigenvalue weighted by Gasteiger charge is 2.51. The molecule has 1 aromatic rings. The zero-order valence-corrected chi connectivity index (χ0v) is 32.2. The Morgan fingerprint density at radius 1 is 0.863 bits per heavy atom. The lowest BCUT2D eigenvalue weighted by Gasteiger charge is -2.40. The van der Waals surface area contributed by atoms with Crippen molar-refractivity contribution >= 4 is 35.2 Å². The van der Waals surface area contributed by atoms with Gasteiger partial charge in [-0.3, -0.25) is 28.8 Å². The Labute approximate surface area is 301 Å². The van der Waals surface area contributed by atoms with Gasteiger partial charge in [-0.1, -0.05) is 81.6 Å². The van der Waals surface area contributed by atoms with Gasteiger partial charge in [0.15, 0.2) is 0 Å². The van der Waals surface area contributed by atoms with Crippen LogP contribution in [-0.4, -0.2) is 78.7 Å². The summed E-state index contributed by atoms with van der Waals surface area (Å²) >= 11 is 0. The van der Waals surface area contributed by atoms with Gasteiger partial charge in [0, 0.05) is 25.7 Å². The van der Waals surface area contributed by atoms with Crippen molar-refractivity contribution in [3.63, 3.8) is 0 Å². The quantitative estimate of drug-likeness (QED) is 0.200. The van der Waals surface area contributed by atoms with Gasteiger partial charge < -0.3 is 31.5 Å². The molecule has 0 bridgehead atoms. The van der Waals surface area contributed by atoms with E-state index in [-0.39, 0.29) is 36.3 Å². The van der Waals surface area contributed by atoms with Crippen LogP contribution in [0.1, 0.15) is 119 Å². The molecule has 1 aromatic carbocycles. The maximum Gasteiger partial charge on any atom is 0.315 e. The number of carbonyl (C=O) groups excluding carboxylic acids is 5. The van der Waals surface area contributed by atoms with Gasteiger partial charge in [-0.2, -0.15) is 0 Å². The van der Waals surface area contributed by atoms with E-state index in [0.29, 0.717) is 24.1 Å². The van der Waals surface area contributed by atoms with Gasteiger partial charge in [0.1, 0.15) is 12.1 Å². The van der Waals surface area contributed by atoms with Crippen LogP contribution in [0.4, 0.5) is 10.5 Å². The number of anilines is 1. The summed E-state index contributed by atoms with van der Waals surface area (Å²) in [4.78, 5) is 95.3. The van der Waals surface area contributed by atoms with Crippen molar-refractivity contribution in [2.24, 2.45) is 33.8 Å². The molecule has 0 radical (unpaired) electrons. The van der Waals surface area contributed by atoms with Crippen LogP contribution < -0.4 is 37.4 Å². The van der Waals surface area contributed by atoms with Crippen LogP contribution in [0.5, 0.6) is 0 Å². The predicted molar refractivity (Wildman–Crippen MR) is 196 cm³/mol. The first-order chi connectivity index (χ1) is 23.5. The van der Waals surface area contributed by atoms with Crippen LogP contribution in [0.25, 0.3) is 0 Å². The molecule has 2 saturated carbocycles. The van der Waals surface area contributed by atoms with E-state index in [0.717, 1.165) is 32.1 Å². The third kappa shape index (κ3) is 9.00. The van der Waals surface area contributed by atoms with Gasteiger partial charge in [-0.05, 0) is 59.7 Å². The number of nitrogens with one attached hydrogen (secondary N) is 3. The Hall–Kier alpha value is -3.77. The van der Waals surface area contributed by atoms with Crippen molar-refractivity contribution < 1.29 is 24.0 Å². The lowest BCUT2D eigenvalue weighted by Crippen LogP contribution is -2.62. The lowest BCUT2D eigenvalue weighted by molar-refractivity contribution is -0.145. The van der Waals surface area contributed by atoms with E-state index in [1.165, 1.54) is 4.90 Å². The van der Waals surface area contributed by atoms with E-state index in [9.17, 15) is 33.6 Å². The van der Waals surface area contributed by atoms with Gasteiger partial charge in [0.2, 0.25) is 28.5 Å². The minimum atomic E-state index is -1.11. The highest BCUT2D eigenvalue weighted by atomic mass is 16.2. The first-order valence-corrected chi connectivity index (χ1v) is 18.5. The minimum Gasteiger partial charge on any atom is -0.369 e. The second kappa shape index (κ2) is 14.7. The van der Waals surface area contributed by atoms with Crippen molar-refractivity contribution in [3.8, 4) is 0 Å². The summed E-state index contributed by atoms with van der Waals surface area (Å²) in [6.07, 6.45) is 5.18. The molecule has 5 amide bonds. The number of urea groups is 1. The first kappa shape index (κ1) is 40.0. The number of hydrogen-bond acceptors (Lipinski definition) is 8. The number of nitrogens with two attached hydrogens (primary N) is 1. The Kier molecular flexibility index (Phi) is 11.5. The van der Waals surface area contributed by atoms with Crippen LogP contribution in [0.3, 0.4) is 0 Å². The SMILES string of the molecule is CCC(C)(C)[C@H]1CCN(C(=O)[C@@H](NC(=O)N[C@H](CN(C)c2c(C3CC3)c(=O)c2=O)C(C)(C)C)C(C)(C)C)[C@@H]1C(=O)NC(CC1CC1)C(=O)C(N)=O. The van der Waals surface area contributed by atoms with E-state index in [1.54, 1.807) is 11.9 Å². The zero-order chi connectivity index (χ0) is 38.4. The number of ketones is 1. The minimum absolute atomic E-state index is 0.127. The average Bonchev–Trinajstić information content (AvgIpc) is 3.97. The monoisotopic (exact) mass is 712 g/mol. The fourth-order valence-electron chi connectivity index (χ4n) is 7.36. The molecule has 0 aromatic heterocycles. The summed E-state index contributed by atoms with van der Waals surface area (Å²) < 4.78 is 0. The van der Waals surface area contributed by atoms with Crippen LogP contribution >= 0.6 is 0 Å². The Morgan fingerprint density at radius 3 is 1.96 bits per heavy atom. The van der Waals surface area contributed by atoms with Gasteiger partial charge in [-0.15, -0.1) is 0 Å². The lowest BCUT2D eigenvalue weighted by atomic mass is 9.72. The topological polar surface area (TPSA) is 188 Å². The molecule has 5 N–H and O–H groups in total. The first-order valence-electron chi connectivity index (χ1n) is 18.5. The maximum atomic E-state index is 14.6. The number of nitrogens with zero attached hydrogens (tertiary/aromatic N) is 2. The molecule has 1 heterocycles. The highest BCUT2D eigenvalue weighted by Crippen LogP contribution is 2.43. The van der Waals surface area contributed by atoms with Gasteiger partial charge >= 0.3 is 6.03 Å². The average molecular weight is 713 g/mol. The molecule has 1 unspecified atom stereocenters. The van der Waals surface area contributed by atoms with Gasteiger partial charge in [0.25, 0.3) is 5.91 Å². The Morgan fingerprint density at radius 2 is 1.47 bits per heavy atom. The molecule has 2 aliphatic carbocycles. The molecule has 3 aliphatic rings. The van der Waals surface area contributed by atoms with E-state index in [1.807, 2.05) is 48.5 Å². The van der Waals surface area contributed by atoms with Crippen molar-refractivity contribution in [2.45, 2.75) is 137 Å². The summed E-state index contributed by atoms with van der Waals surface area (Å²) in [5.41, 5.74) is 3.88. The van der Waals surface area contributed by atoms with Crippen molar-refractivity contribution in [3.05, 3.63) is 26.0 Å². The zero-order valence-electron chi connectivity index (χ0n) is 32.2. The third-order valence-corrected chi connectivity index (χ3v) is 11.5. The molecule has 1 saturated heterocycles. The van der Waals surface area contributed by atoms with Crippen LogP contribution in [0.2, 0.25) is 0 Å². The van der Waals surface area contributed by atoms with E-state index in [2.05, 4.69) is 29.8 Å². The summed E-state index contributed by atoms with van der Waals surface area (Å²) in [6.45, 7) is 18.1. The second-order valence-electron chi connectivity index (χ2n) is 18.1. The number of hydrogen-bond donors (Lipinski definition) is 4. The number of Topliss-reactive ketones (excluding diaryl/α,β-unsaturated/α-hetero) is 1. The largest absolute Gasteiger partial charge is 0.369 e. The number of likely N-dealkylation sites (N-methyl/N-ethyl adjacent to an activating group) is 1. The van der Waals surface area contributed by atoms with E-state index >= 15 is 0 Å². The summed E-state index contributed by atoms with van der Waals surface area (Å²) in [5.74, 6) is -2.79. The van der Waals surface area contributed by atoms with Crippen molar-refractivity contribution in [1.82, 2.24) is 20.9 Å². The third-order valence-electron chi connectivity index (χ3n) is 11.5. The van der Waals surface area contributed by atoms with Gasteiger partial charge in [0.05, 0.1) is 17.8 Å². The predicted octanol–water partition coefficient (Wildman–Crippen LogP) is 2.72. The second-order valence-corrected chi connectivity index (χ2v) is 18.1. The Balaban J connectivity index is 1.56. The fraction of sp³-hybridized carbons (Fsp3) is 0.763. The molecule has 13 nitrogen and oxygen atoms in total. The molecular weight excluding hydrogens is 652 g/mol. The highest BCUT2D eigenvalue weighted by molar-refractivity contribution is 6.37. The number of rotatable bonds is 15. The molecule has 13 heteroatoms. The molecule has 284 valence electrons. The molecule has 4 rings (SSSR count). The van der Waals surface area contributed by atoms with Crippen molar-refractivity contribution in [2.75, 3.05) is 25.0 Å². The molecule has 0 spiro atoms. The Bertz CT molecular complexity index is 1590. The van der Waals surface area contributed by atoms with E-state index in [4.69, 9.17) is 5.73 Å². The standard InChI is InChI=1S/C38H60N6O7/c1-11-38(8,9)22-16-17-44(26(22)33(49)40-23(18-20-12-13-20)28(45)32(39)48)34(50)31(37(5,6)7)42-35(51)41-24(36(2,3)4)19-43(10)27-25(21-14-15-21)29(46)30(27)47/h20-24,26,31H,11-19H2,1-10H3,(H2,39,48)(H,40,49)(H2,41,42,51)/t22-,23?,24+,26-,31+/m0/s1. The molecule has 5 atom stereocenters. The van der Waals surface area contributed by atoms with Crippen LogP contribution in [0.15, 0.2) is 9.59 Å². The maximum absolute atomic E-state index is 14.6. The number of primary amides is 1. The fourth-order valence-corrected chi connectivity index (χ4v) is 7.36. The number of amides is 5. The normalized spacial score (nSPS) is 21.5. The summed E-state index contributed by atoms with van der Waals surface area (Å²) in [6, 6.07) is -4.08. The smallest absolute Gasteiger partial charge is 0.315 e. The van der Waals surface area contributed by atoms with Crippen LogP contribution in [0, 0.1) is 28.1 Å². The van der Waals surface area contributed by atoms with Crippen LogP contribution in [-0.2, 0) is 19.2 Å². The molecule has 51 heavy (non-hydrogen) atoms.